The molecule has 0 atom stereocenters. The molecule has 0 spiro atoms. The van der Waals surface area contributed by atoms with E-state index in [0.29, 0.717) is 6.42 Å². The van der Waals surface area contributed by atoms with Gasteiger partial charge in [-0.25, -0.2) is 8.98 Å². The normalized spacial score (nSPS) is 10.1. The molecule has 0 aliphatic heterocycles. The molecule has 0 aromatic carbocycles. The summed E-state index contributed by atoms with van der Waals surface area (Å²) in [4.78, 5) is 10.5. The van der Waals surface area contributed by atoms with Crippen LogP contribution in [0.1, 0.15) is 20.3 Å². The molecule has 0 amide bonds. The molecule has 80 valence electrons. The second kappa shape index (κ2) is 8.12. The average Bonchev–Trinajstić information content (AvgIpc) is 2.00. The van der Waals surface area contributed by atoms with Crippen LogP contribution in [-0.2, 0) is 23.5 Å². The van der Waals surface area contributed by atoms with Gasteiger partial charge in [0.25, 0.3) is 0 Å². The first-order valence-electron chi connectivity index (χ1n) is 3.77. The van der Waals surface area contributed by atoms with Crippen LogP contribution in [0.4, 0.5) is 4.79 Å². The Balaban J connectivity index is 0. The van der Waals surface area contributed by atoms with Gasteiger partial charge in [0.1, 0.15) is 0 Å². The summed E-state index contributed by atoms with van der Waals surface area (Å²) in [5, 5.41) is 0. The van der Waals surface area contributed by atoms with Gasteiger partial charge in [-0.15, -0.1) is 0 Å². The summed E-state index contributed by atoms with van der Waals surface area (Å²) in [7, 11) is -4.24. The van der Waals surface area contributed by atoms with Crippen molar-refractivity contribution in [2.45, 2.75) is 20.3 Å². The van der Waals surface area contributed by atoms with Gasteiger partial charge in [-0.2, -0.15) is 8.42 Å². The SMILES string of the molecule is CCCOS(=O)(=O)OC(=O)OCC.[LiH]. The van der Waals surface area contributed by atoms with E-state index in [1.54, 1.807) is 6.92 Å². The topological polar surface area (TPSA) is 78.9 Å². The monoisotopic (exact) mass is 220 g/mol. The van der Waals surface area contributed by atoms with Crippen LogP contribution in [0.3, 0.4) is 0 Å². The molecule has 8 heteroatoms. The molecule has 0 unspecified atom stereocenters. The molecule has 0 radical (unpaired) electrons. The Hall–Kier alpha value is -0.223. The van der Waals surface area contributed by atoms with E-state index in [0.717, 1.165) is 0 Å². The molecule has 0 rings (SSSR count). The fourth-order valence-corrected chi connectivity index (χ4v) is 1.07. The first-order valence-corrected chi connectivity index (χ1v) is 5.10. The molecule has 14 heavy (non-hydrogen) atoms. The predicted molar refractivity (Wildman–Crippen MR) is 50.4 cm³/mol. The van der Waals surface area contributed by atoms with Crippen molar-refractivity contribution >= 4 is 35.4 Å². The minimum atomic E-state index is -4.24. The Kier molecular flexibility index (Phi) is 9.40. The van der Waals surface area contributed by atoms with E-state index in [-0.39, 0.29) is 32.1 Å². The van der Waals surface area contributed by atoms with Crippen LogP contribution < -0.4 is 0 Å². The molecule has 0 aromatic heterocycles. The standard InChI is InChI=1S/C6H12O6S.Li.H/c1-3-5-11-13(8,9)12-6(7)10-4-2;;/h3-5H2,1-2H3;;. The molecule has 0 aliphatic carbocycles. The van der Waals surface area contributed by atoms with Crippen LogP contribution >= 0.6 is 0 Å². The fourth-order valence-electron chi connectivity index (χ4n) is 0.435. The molecule has 0 saturated heterocycles. The zero-order chi connectivity index (χ0) is 10.3. The van der Waals surface area contributed by atoms with Crippen LogP contribution in [-0.4, -0.2) is 46.6 Å². The van der Waals surface area contributed by atoms with E-state index in [4.69, 9.17) is 0 Å². The second-order valence-electron chi connectivity index (χ2n) is 2.00. The van der Waals surface area contributed by atoms with Crippen molar-refractivity contribution in [2.75, 3.05) is 13.2 Å². The van der Waals surface area contributed by atoms with Gasteiger partial charge in [0.15, 0.2) is 0 Å². The van der Waals surface area contributed by atoms with Gasteiger partial charge in [0.05, 0.1) is 13.2 Å². The van der Waals surface area contributed by atoms with Crippen LogP contribution in [0.15, 0.2) is 0 Å². The predicted octanol–water partition coefficient (Wildman–Crippen LogP) is 0.182. The Morgan fingerprint density at radius 2 is 1.86 bits per heavy atom. The van der Waals surface area contributed by atoms with Gasteiger partial charge in [-0.1, -0.05) is 6.92 Å². The van der Waals surface area contributed by atoms with E-state index in [9.17, 15) is 13.2 Å². The molecule has 0 fully saturated rings. The molecule has 0 aliphatic rings. The Labute approximate surface area is 95.4 Å². The Morgan fingerprint density at radius 1 is 1.29 bits per heavy atom. The fraction of sp³-hybridized carbons (Fsp3) is 0.833. The molecule has 0 heterocycles. The third-order valence-electron chi connectivity index (χ3n) is 0.864. The number of ether oxygens (including phenoxy) is 1. The van der Waals surface area contributed by atoms with E-state index in [1.807, 2.05) is 0 Å². The van der Waals surface area contributed by atoms with Gasteiger partial charge in [0.2, 0.25) is 0 Å². The summed E-state index contributed by atoms with van der Waals surface area (Å²) in [5.41, 5.74) is 0. The van der Waals surface area contributed by atoms with Crippen molar-refractivity contribution in [3.05, 3.63) is 0 Å². The van der Waals surface area contributed by atoms with E-state index in [2.05, 4.69) is 13.1 Å². The molecule has 0 saturated carbocycles. The average molecular weight is 220 g/mol. The first-order chi connectivity index (χ1) is 6.02. The number of rotatable bonds is 5. The van der Waals surface area contributed by atoms with Crippen molar-refractivity contribution < 1.29 is 26.3 Å². The Morgan fingerprint density at radius 3 is 2.29 bits per heavy atom. The summed E-state index contributed by atoms with van der Waals surface area (Å²) in [6.45, 7) is 3.27. The molecular weight excluding hydrogens is 207 g/mol. The summed E-state index contributed by atoms with van der Waals surface area (Å²) in [5.74, 6) is 0. The van der Waals surface area contributed by atoms with E-state index in [1.165, 1.54) is 6.92 Å². The van der Waals surface area contributed by atoms with Gasteiger partial charge in [-0.3, -0.25) is 4.18 Å². The molecule has 6 nitrogen and oxygen atoms in total. The van der Waals surface area contributed by atoms with Crippen molar-refractivity contribution in [1.29, 1.82) is 0 Å². The van der Waals surface area contributed by atoms with Crippen molar-refractivity contribution in [3.63, 3.8) is 0 Å². The first kappa shape index (κ1) is 16.2. The van der Waals surface area contributed by atoms with Crippen LogP contribution in [0.2, 0.25) is 0 Å². The molecular formula is C6H13LiO6S. The van der Waals surface area contributed by atoms with E-state index >= 15 is 0 Å². The summed E-state index contributed by atoms with van der Waals surface area (Å²) in [6, 6.07) is 0. The number of carbonyl (C=O) groups excluding carboxylic acids is 1. The van der Waals surface area contributed by atoms with Crippen molar-refractivity contribution in [1.82, 2.24) is 0 Å². The molecule has 0 aromatic rings. The number of carbonyl (C=O) groups is 1. The summed E-state index contributed by atoms with van der Waals surface area (Å²) < 4.78 is 33.8. The maximum atomic E-state index is 10.7. The van der Waals surface area contributed by atoms with Gasteiger partial charge >= 0.3 is 35.4 Å². The van der Waals surface area contributed by atoms with Gasteiger partial charge in [-0.05, 0) is 13.3 Å². The summed E-state index contributed by atoms with van der Waals surface area (Å²) in [6.07, 6.45) is -0.774. The van der Waals surface area contributed by atoms with Gasteiger partial charge in [0, 0.05) is 0 Å². The zero-order valence-corrected chi connectivity index (χ0v) is 8.30. The minimum absolute atomic E-state index is 0. The maximum absolute atomic E-state index is 10.7. The van der Waals surface area contributed by atoms with E-state index < -0.39 is 16.6 Å². The quantitative estimate of drug-likeness (QED) is 0.485. The number of hydrogen-bond donors (Lipinski definition) is 0. The third kappa shape index (κ3) is 8.38. The third-order valence-corrected chi connectivity index (χ3v) is 1.66. The second-order valence-corrected chi connectivity index (χ2v) is 3.22. The summed E-state index contributed by atoms with van der Waals surface area (Å²) >= 11 is 0. The zero-order valence-electron chi connectivity index (χ0n) is 7.48. The number of hydrogen-bond acceptors (Lipinski definition) is 6. The van der Waals surface area contributed by atoms with Crippen molar-refractivity contribution in [2.24, 2.45) is 0 Å². The van der Waals surface area contributed by atoms with Crippen LogP contribution in [0.5, 0.6) is 0 Å². The molecule has 0 bridgehead atoms. The Bertz CT molecular complexity index is 249. The van der Waals surface area contributed by atoms with Crippen LogP contribution in [0.25, 0.3) is 0 Å². The van der Waals surface area contributed by atoms with Crippen molar-refractivity contribution in [3.8, 4) is 0 Å². The molecule has 0 N–H and O–H groups in total. The van der Waals surface area contributed by atoms with Gasteiger partial charge < -0.3 is 4.74 Å². The van der Waals surface area contributed by atoms with Crippen LogP contribution in [0, 0.1) is 0 Å².